The van der Waals surface area contributed by atoms with Crippen LogP contribution < -0.4 is 14.9 Å². The van der Waals surface area contributed by atoms with Crippen LogP contribution in [-0.4, -0.2) is 31.9 Å². The smallest absolute Gasteiger partial charge is 0.345 e. The molecule has 3 rings (SSSR count). The van der Waals surface area contributed by atoms with Gasteiger partial charge in [-0.25, -0.2) is 4.79 Å². The fourth-order valence-corrected chi connectivity index (χ4v) is 2.99. The molecule has 0 N–H and O–H groups in total. The van der Waals surface area contributed by atoms with Crippen LogP contribution in [0.5, 0.6) is 11.5 Å². The van der Waals surface area contributed by atoms with Gasteiger partial charge in [-0.3, -0.25) is 4.79 Å². The lowest BCUT2D eigenvalue weighted by atomic mass is 10.0. The molecule has 0 spiro atoms. The first-order chi connectivity index (χ1) is 11.5. The molecule has 0 amide bonds. The highest BCUT2D eigenvalue weighted by atomic mass is 16.5. The maximum absolute atomic E-state index is 13.0. The normalized spacial score (nSPS) is 10.8. The molecule has 6 nitrogen and oxygen atoms in total. The Labute approximate surface area is 138 Å². The van der Waals surface area contributed by atoms with E-state index in [2.05, 4.69) is 0 Å². The molecule has 0 aliphatic heterocycles. The molecule has 6 heteroatoms. The molecule has 0 saturated heterocycles. The number of hydrogen-bond donors (Lipinski definition) is 0. The lowest BCUT2D eigenvalue weighted by Crippen LogP contribution is -2.14. The molecule has 0 bridgehead atoms. The zero-order chi connectivity index (χ0) is 17.4. The minimum Gasteiger partial charge on any atom is -0.496 e. The summed E-state index contributed by atoms with van der Waals surface area (Å²) in [5, 5.41) is 0.867. The lowest BCUT2D eigenvalue weighted by molar-refractivity contribution is 0.0593. The van der Waals surface area contributed by atoms with Crippen molar-refractivity contribution in [1.82, 2.24) is 4.57 Å². The van der Waals surface area contributed by atoms with Crippen LogP contribution in [0.4, 0.5) is 0 Å². The van der Waals surface area contributed by atoms with E-state index in [-0.39, 0.29) is 22.5 Å². The molecule has 0 unspecified atom stereocenters. The van der Waals surface area contributed by atoms with E-state index >= 15 is 0 Å². The second-order valence-corrected chi connectivity index (χ2v) is 5.28. The average Bonchev–Trinajstić information content (AvgIpc) is 2.63. The number of carbonyl (C=O) groups excluding carboxylic acids is 1. The van der Waals surface area contributed by atoms with Crippen LogP contribution in [0.2, 0.25) is 0 Å². The van der Waals surface area contributed by atoms with Gasteiger partial charge in [-0.05, 0) is 12.1 Å². The maximum atomic E-state index is 13.0. The number of rotatable bonds is 3. The Balaban J connectivity index is 2.63. The van der Waals surface area contributed by atoms with E-state index in [0.29, 0.717) is 16.3 Å². The molecule has 1 aromatic heterocycles. The van der Waals surface area contributed by atoms with Gasteiger partial charge in [0.25, 0.3) is 0 Å². The summed E-state index contributed by atoms with van der Waals surface area (Å²) in [6.45, 7) is 0. The second-order valence-electron chi connectivity index (χ2n) is 5.28. The molecule has 0 saturated carbocycles. The Kier molecular flexibility index (Phi) is 3.89. The molecule has 0 atom stereocenters. The van der Waals surface area contributed by atoms with Gasteiger partial charge < -0.3 is 18.8 Å². The molecule has 0 aliphatic rings. The first kappa shape index (κ1) is 15.9. The number of ether oxygens (including phenoxy) is 3. The van der Waals surface area contributed by atoms with Gasteiger partial charge in [-0.15, -0.1) is 0 Å². The predicted octanol–water partition coefficient (Wildman–Crippen LogP) is 2.50. The monoisotopic (exact) mass is 327 g/mol. The summed E-state index contributed by atoms with van der Waals surface area (Å²) in [7, 11) is 5.98. The number of hydrogen-bond acceptors (Lipinski definition) is 5. The van der Waals surface area contributed by atoms with Crippen molar-refractivity contribution in [1.29, 1.82) is 0 Å². The molecule has 0 aliphatic carbocycles. The van der Waals surface area contributed by atoms with Crippen LogP contribution in [0.1, 0.15) is 10.4 Å². The number of aryl methyl sites for hydroxylation is 1. The number of benzene rings is 2. The average molecular weight is 327 g/mol. The first-order valence-electron chi connectivity index (χ1n) is 7.29. The van der Waals surface area contributed by atoms with Crippen LogP contribution in [0.3, 0.4) is 0 Å². The molecular weight excluding hydrogens is 310 g/mol. The molecule has 124 valence electrons. The number of pyridine rings is 1. The molecule has 3 aromatic rings. The van der Waals surface area contributed by atoms with Gasteiger partial charge in [0.05, 0.1) is 37.7 Å². The first-order valence-corrected chi connectivity index (χ1v) is 7.29. The van der Waals surface area contributed by atoms with Crippen LogP contribution >= 0.6 is 0 Å². The Morgan fingerprint density at radius 2 is 1.75 bits per heavy atom. The summed E-state index contributed by atoms with van der Waals surface area (Å²) < 4.78 is 17.4. The van der Waals surface area contributed by atoms with E-state index in [9.17, 15) is 9.59 Å². The third-order valence-electron chi connectivity index (χ3n) is 4.14. The summed E-state index contributed by atoms with van der Waals surface area (Å²) in [6, 6.07) is 8.93. The number of para-hydroxylation sites is 1. The molecule has 24 heavy (non-hydrogen) atoms. The lowest BCUT2D eigenvalue weighted by Gasteiger charge is -2.17. The zero-order valence-electron chi connectivity index (χ0n) is 13.9. The van der Waals surface area contributed by atoms with Crippen LogP contribution in [0, 0.1) is 0 Å². The van der Waals surface area contributed by atoms with Crippen molar-refractivity contribution in [3.05, 3.63) is 46.1 Å². The van der Waals surface area contributed by atoms with Crippen molar-refractivity contribution in [3.8, 4) is 11.5 Å². The summed E-state index contributed by atoms with van der Waals surface area (Å²) in [5.74, 6) is -0.181. The predicted molar refractivity (Wildman–Crippen MR) is 91.1 cm³/mol. The van der Waals surface area contributed by atoms with Crippen molar-refractivity contribution < 1.29 is 19.0 Å². The number of fused-ring (bicyclic) bond motifs is 2. The highest BCUT2D eigenvalue weighted by Crippen LogP contribution is 2.36. The second kappa shape index (κ2) is 5.88. The highest BCUT2D eigenvalue weighted by molar-refractivity contribution is 6.06. The van der Waals surface area contributed by atoms with Crippen LogP contribution in [0.15, 0.2) is 35.1 Å². The van der Waals surface area contributed by atoms with Crippen LogP contribution in [-0.2, 0) is 11.8 Å². The number of methoxy groups -OCH3 is 3. The third-order valence-corrected chi connectivity index (χ3v) is 4.14. The van der Waals surface area contributed by atoms with Crippen molar-refractivity contribution in [3.63, 3.8) is 0 Å². The molecule has 0 fully saturated rings. The van der Waals surface area contributed by atoms with E-state index in [4.69, 9.17) is 14.2 Å². The highest BCUT2D eigenvalue weighted by Gasteiger charge is 2.25. The van der Waals surface area contributed by atoms with Gasteiger partial charge in [0.1, 0.15) is 11.3 Å². The number of carbonyl (C=O) groups is 1. The van der Waals surface area contributed by atoms with Gasteiger partial charge in [0.2, 0.25) is 5.43 Å². The maximum Gasteiger partial charge on any atom is 0.345 e. The minimum atomic E-state index is -0.624. The van der Waals surface area contributed by atoms with E-state index in [1.807, 2.05) is 23.7 Å². The largest absolute Gasteiger partial charge is 0.496 e. The van der Waals surface area contributed by atoms with Crippen molar-refractivity contribution in [2.75, 3.05) is 21.3 Å². The van der Waals surface area contributed by atoms with E-state index in [1.54, 1.807) is 18.2 Å². The number of aromatic nitrogens is 1. The Bertz CT molecular complexity index is 1020. The quantitative estimate of drug-likeness (QED) is 0.546. The van der Waals surface area contributed by atoms with Gasteiger partial charge >= 0.3 is 5.97 Å². The van der Waals surface area contributed by atoms with Crippen molar-refractivity contribution >= 4 is 27.8 Å². The molecule has 2 aromatic carbocycles. The zero-order valence-corrected chi connectivity index (χ0v) is 13.9. The van der Waals surface area contributed by atoms with Crippen molar-refractivity contribution in [2.24, 2.45) is 7.05 Å². The summed E-state index contributed by atoms with van der Waals surface area (Å²) >= 11 is 0. The standard InChI is InChI=1S/C18H17NO5/c1-19-11-8-6-5-7-10(11)16(20)14-12(19)9-13(22-2)15(17(14)23-3)18(21)24-4/h5-9H,1-4H3. The van der Waals surface area contributed by atoms with Crippen LogP contribution in [0.25, 0.3) is 21.8 Å². The summed E-state index contributed by atoms with van der Waals surface area (Å²) in [4.78, 5) is 25.2. The third kappa shape index (κ3) is 2.11. The van der Waals surface area contributed by atoms with Gasteiger partial charge in [-0.2, -0.15) is 0 Å². The van der Waals surface area contributed by atoms with Gasteiger partial charge in [-0.1, -0.05) is 12.1 Å². The Hall–Kier alpha value is -3.02. The van der Waals surface area contributed by atoms with Crippen molar-refractivity contribution in [2.45, 2.75) is 0 Å². The fraction of sp³-hybridized carbons (Fsp3) is 0.222. The topological polar surface area (TPSA) is 66.8 Å². The molecule has 0 radical (unpaired) electrons. The molecular formula is C18H17NO5. The summed E-state index contributed by atoms with van der Waals surface area (Å²) in [6.07, 6.45) is 0. The Morgan fingerprint density at radius 1 is 1.04 bits per heavy atom. The van der Waals surface area contributed by atoms with Gasteiger partial charge in [0, 0.05) is 18.5 Å². The summed E-state index contributed by atoms with van der Waals surface area (Å²) in [5.41, 5.74) is 1.29. The van der Waals surface area contributed by atoms with Gasteiger partial charge in [0.15, 0.2) is 5.75 Å². The fourth-order valence-electron chi connectivity index (χ4n) is 2.99. The minimum absolute atomic E-state index is 0.0994. The molecule has 1 heterocycles. The van der Waals surface area contributed by atoms with E-state index in [0.717, 1.165) is 5.52 Å². The SMILES string of the molecule is COC(=O)c1c(OC)cc2c(c1OC)c(=O)c1ccccc1n2C. The number of esters is 1. The van der Waals surface area contributed by atoms with E-state index < -0.39 is 5.97 Å². The Morgan fingerprint density at radius 3 is 2.38 bits per heavy atom. The van der Waals surface area contributed by atoms with E-state index in [1.165, 1.54) is 21.3 Å². The number of nitrogens with zero attached hydrogens (tertiary/aromatic N) is 1.